The van der Waals surface area contributed by atoms with Gasteiger partial charge in [0, 0.05) is 25.3 Å². The molecule has 4 nitrogen and oxygen atoms in total. The first-order chi connectivity index (χ1) is 8.67. The number of aryl methyl sites for hydroxylation is 1. The first-order valence-electron chi connectivity index (χ1n) is 6.50. The smallest absolute Gasteiger partial charge is 0.321 e. The van der Waals surface area contributed by atoms with Gasteiger partial charge in [0.1, 0.15) is 0 Å². The van der Waals surface area contributed by atoms with Gasteiger partial charge in [0.05, 0.1) is 0 Å². The summed E-state index contributed by atoms with van der Waals surface area (Å²) >= 11 is 0. The molecule has 3 N–H and O–H groups in total. The van der Waals surface area contributed by atoms with Gasteiger partial charge in [-0.05, 0) is 25.5 Å². The molecule has 18 heavy (non-hydrogen) atoms. The molecular formula is C14H23N3O. The first kappa shape index (κ1) is 14.5. The molecule has 0 radical (unpaired) electrons. The molecule has 0 saturated carbocycles. The highest BCUT2D eigenvalue weighted by atomic mass is 16.2. The van der Waals surface area contributed by atoms with Crippen molar-refractivity contribution < 1.29 is 4.79 Å². The summed E-state index contributed by atoms with van der Waals surface area (Å²) in [6, 6.07) is 7.71. The number of rotatable bonds is 6. The van der Waals surface area contributed by atoms with E-state index in [0.717, 1.165) is 25.1 Å². The Morgan fingerprint density at radius 3 is 2.50 bits per heavy atom. The van der Waals surface area contributed by atoms with Crippen LogP contribution in [0.25, 0.3) is 0 Å². The topological polar surface area (TPSA) is 58.4 Å². The number of urea groups is 1. The standard InChI is InChI=1S/C14H23N3O/c1-3-4-10-17(11-9-15)14(18)16-13-7-5-12(2)6-8-13/h5-8H,3-4,9-11,15H2,1-2H3,(H,16,18). The second kappa shape index (κ2) is 7.71. The Bertz CT molecular complexity index is 362. The summed E-state index contributed by atoms with van der Waals surface area (Å²) in [6.45, 7) is 5.97. The summed E-state index contributed by atoms with van der Waals surface area (Å²) in [6.07, 6.45) is 2.07. The minimum atomic E-state index is -0.0715. The van der Waals surface area contributed by atoms with Gasteiger partial charge in [-0.1, -0.05) is 31.0 Å². The summed E-state index contributed by atoms with van der Waals surface area (Å²) in [7, 11) is 0. The van der Waals surface area contributed by atoms with Crippen LogP contribution in [0.3, 0.4) is 0 Å². The molecule has 2 amide bonds. The maximum absolute atomic E-state index is 12.1. The quantitative estimate of drug-likeness (QED) is 0.814. The summed E-state index contributed by atoms with van der Waals surface area (Å²) in [5.41, 5.74) is 7.53. The molecule has 0 aliphatic carbocycles. The highest BCUT2D eigenvalue weighted by molar-refractivity contribution is 5.89. The molecule has 0 bridgehead atoms. The lowest BCUT2D eigenvalue weighted by atomic mass is 10.2. The molecular weight excluding hydrogens is 226 g/mol. The van der Waals surface area contributed by atoms with Crippen molar-refractivity contribution in [1.29, 1.82) is 0 Å². The van der Waals surface area contributed by atoms with E-state index in [2.05, 4.69) is 12.2 Å². The molecule has 4 heteroatoms. The fourth-order valence-corrected chi connectivity index (χ4v) is 1.66. The predicted molar refractivity (Wildman–Crippen MR) is 75.7 cm³/mol. The third kappa shape index (κ3) is 4.75. The van der Waals surface area contributed by atoms with E-state index in [1.54, 1.807) is 4.90 Å². The molecule has 1 rings (SSSR count). The van der Waals surface area contributed by atoms with Crippen molar-refractivity contribution in [2.45, 2.75) is 26.7 Å². The van der Waals surface area contributed by atoms with Gasteiger partial charge in [0.2, 0.25) is 0 Å². The second-order valence-corrected chi connectivity index (χ2v) is 4.43. The predicted octanol–water partition coefficient (Wildman–Crippen LogP) is 2.59. The van der Waals surface area contributed by atoms with Crippen LogP contribution < -0.4 is 11.1 Å². The Morgan fingerprint density at radius 1 is 1.28 bits per heavy atom. The molecule has 1 aromatic rings. The molecule has 0 atom stereocenters. The first-order valence-corrected chi connectivity index (χ1v) is 6.50. The number of hydrogen-bond donors (Lipinski definition) is 2. The lowest BCUT2D eigenvalue weighted by Crippen LogP contribution is -2.39. The van der Waals surface area contributed by atoms with Crippen LogP contribution >= 0.6 is 0 Å². The highest BCUT2D eigenvalue weighted by Crippen LogP contribution is 2.09. The Hall–Kier alpha value is -1.55. The second-order valence-electron chi connectivity index (χ2n) is 4.43. The normalized spacial score (nSPS) is 10.2. The SMILES string of the molecule is CCCCN(CCN)C(=O)Nc1ccc(C)cc1. The van der Waals surface area contributed by atoms with Crippen LogP contribution in [0.1, 0.15) is 25.3 Å². The molecule has 0 fully saturated rings. The van der Waals surface area contributed by atoms with E-state index in [1.807, 2.05) is 31.2 Å². The van der Waals surface area contributed by atoms with Crippen molar-refractivity contribution in [3.63, 3.8) is 0 Å². The maximum Gasteiger partial charge on any atom is 0.321 e. The van der Waals surface area contributed by atoms with Crippen molar-refractivity contribution in [1.82, 2.24) is 4.90 Å². The number of nitrogens with zero attached hydrogens (tertiary/aromatic N) is 1. The zero-order valence-electron chi connectivity index (χ0n) is 11.3. The van der Waals surface area contributed by atoms with Crippen LogP contribution in [0.15, 0.2) is 24.3 Å². The average Bonchev–Trinajstić information content (AvgIpc) is 2.37. The number of hydrogen-bond acceptors (Lipinski definition) is 2. The van der Waals surface area contributed by atoms with E-state index in [-0.39, 0.29) is 6.03 Å². The lowest BCUT2D eigenvalue weighted by molar-refractivity contribution is 0.212. The Labute approximate surface area is 109 Å². The van der Waals surface area contributed by atoms with Crippen molar-refractivity contribution in [2.24, 2.45) is 5.73 Å². The van der Waals surface area contributed by atoms with Crippen LogP contribution in [0, 0.1) is 6.92 Å². The van der Waals surface area contributed by atoms with Crippen LogP contribution in [0.4, 0.5) is 10.5 Å². The van der Waals surface area contributed by atoms with Gasteiger partial charge >= 0.3 is 6.03 Å². The Balaban J connectivity index is 2.57. The lowest BCUT2D eigenvalue weighted by Gasteiger charge is -2.22. The van der Waals surface area contributed by atoms with Crippen molar-refractivity contribution in [3.8, 4) is 0 Å². The number of carbonyl (C=O) groups excluding carboxylic acids is 1. The van der Waals surface area contributed by atoms with Gasteiger partial charge in [0.15, 0.2) is 0 Å². The zero-order chi connectivity index (χ0) is 13.4. The van der Waals surface area contributed by atoms with E-state index >= 15 is 0 Å². The van der Waals surface area contributed by atoms with Crippen LogP contribution in [0.2, 0.25) is 0 Å². The fraction of sp³-hybridized carbons (Fsp3) is 0.500. The molecule has 100 valence electrons. The number of amides is 2. The zero-order valence-corrected chi connectivity index (χ0v) is 11.3. The molecule has 0 heterocycles. The fourth-order valence-electron chi connectivity index (χ4n) is 1.66. The largest absolute Gasteiger partial charge is 0.329 e. The summed E-state index contributed by atoms with van der Waals surface area (Å²) in [4.78, 5) is 13.8. The number of benzene rings is 1. The summed E-state index contributed by atoms with van der Waals surface area (Å²) in [5, 5.41) is 2.89. The molecule has 0 unspecified atom stereocenters. The van der Waals surface area contributed by atoms with Crippen LogP contribution in [0.5, 0.6) is 0 Å². The molecule has 0 aliphatic heterocycles. The molecule has 0 aliphatic rings. The van der Waals surface area contributed by atoms with Gasteiger partial charge in [0.25, 0.3) is 0 Å². The van der Waals surface area contributed by atoms with Gasteiger partial charge < -0.3 is 16.0 Å². The molecule has 1 aromatic carbocycles. The van der Waals surface area contributed by atoms with E-state index in [9.17, 15) is 4.79 Å². The van der Waals surface area contributed by atoms with Crippen LogP contribution in [-0.2, 0) is 0 Å². The average molecular weight is 249 g/mol. The van der Waals surface area contributed by atoms with E-state index in [0.29, 0.717) is 13.1 Å². The van der Waals surface area contributed by atoms with Gasteiger partial charge in [-0.15, -0.1) is 0 Å². The van der Waals surface area contributed by atoms with Crippen LogP contribution in [-0.4, -0.2) is 30.6 Å². The van der Waals surface area contributed by atoms with E-state index in [1.165, 1.54) is 5.56 Å². The Morgan fingerprint density at radius 2 is 1.94 bits per heavy atom. The molecule has 0 aromatic heterocycles. The minimum Gasteiger partial charge on any atom is -0.329 e. The van der Waals surface area contributed by atoms with E-state index in [4.69, 9.17) is 5.73 Å². The third-order valence-electron chi connectivity index (χ3n) is 2.77. The Kier molecular flexibility index (Phi) is 6.22. The summed E-state index contributed by atoms with van der Waals surface area (Å²) in [5.74, 6) is 0. The number of nitrogens with two attached hydrogens (primary N) is 1. The molecule has 0 saturated heterocycles. The van der Waals surface area contributed by atoms with Gasteiger partial charge in [-0.2, -0.15) is 0 Å². The number of carbonyl (C=O) groups is 1. The monoisotopic (exact) mass is 249 g/mol. The maximum atomic E-state index is 12.1. The minimum absolute atomic E-state index is 0.0715. The highest BCUT2D eigenvalue weighted by Gasteiger charge is 2.11. The number of anilines is 1. The number of unbranched alkanes of at least 4 members (excludes halogenated alkanes) is 1. The van der Waals surface area contributed by atoms with Crippen molar-refractivity contribution >= 4 is 11.7 Å². The van der Waals surface area contributed by atoms with Gasteiger partial charge in [-0.25, -0.2) is 4.79 Å². The van der Waals surface area contributed by atoms with Gasteiger partial charge in [-0.3, -0.25) is 0 Å². The third-order valence-corrected chi connectivity index (χ3v) is 2.77. The van der Waals surface area contributed by atoms with Crippen molar-refractivity contribution in [2.75, 3.05) is 25.0 Å². The number of nitrogens with one attached hydrogen (secondary N) is 1. The van der Waals surface area contributed by atoms with E-state index < -0.39 is 0 Å². The molecule has 0 spiro atoms. The summed E-state index contributed by atoms with van der Waals surface area (Å²) < 4.78 is 0. The van der Waals surface area contributed by atoms with Crippen molar-refractivity contribution in [3.05, 3.63) is 29.8 Å².